The number of fused-ring (bicyclic) bond motifs is 1. The third kappa shape index (κ3) is 8.13. The molecule has 12 heteroatoms. The van der Waals surface area contributed by atoms with Crippen LogP contribution in [-0.4, -0.2) is 99.4 Å². The third-order valence-electron chi connectivity index (χ3n) is 8.32. The molecule has 0 radical (unpaired) electrons. The molecule has 1 fully saturated rings. The van der Waals surface area contributed by atoms with Crippen LogP contribution >= 0.6 is 0 Å². The van der Waals surface area contributed by atoms with Crippen LogP contribution in [0.3, 0.4) is 0 Å². The number of nitrogens with zero attached hydrogens (tertiary/aromatic N) is 7. The molecule has 1 aliphatic rings. The van der Waals surface area contributed by atoms with Crippen LogP contribution in [0.5, 0.6) is 11.5 Å². The van der Waals surface area contributed by atoms with Gasteiger partial charge in [-0.3, -0.25) is 9.88 Å². The summed E-state index contributed by atoms with van der Waals surface area (Å²) >= 11 is 0. The average Bonchev–Trinajstić information content (AvgIpc) is 3.07. The molecule has 1 aromatic carbocycles. The fraction of sp³-hybridized carbons (Fsp3) is 0.485. The Hall–Kier alpha value is -4.13. The summed E-state index contributed by atoms with van der Waals surface area (Å²) in [6.45, 7) is 9.41. The van der Waals surface area contributed by atoms with E-state index in [0.717, 1.165) is 74.5 Å². The van der Waals surface area contributed by atoms with Gasteiger partial charge >= 0.3 is 0 Å². The Morgan fingerprint density at radius 3 is 2.40 bits per heavy atom. The largest absolute Gasteiger partial charge is 0.497 e. The van der Waals surface area contributed by atoms with E-state index >= 15 is 0 Å². The lowest BCUT2D eigenvalue weighted by Crippen LogP contribution is -2.44. The predicted molar refractivity (Wildman–Crippen MR) is 177 cm³/mol. The first-order valence-electron chi connectivity index (χ1n) is 15.6. The first kappa shape index (κ1) is 32.3. The summed E-state index contributed by atoms with van der Waals surface area (Å²) in [5.74, 6) is 3.21. The molecule has 4 aromatic rings. The first-order valence-corrected chi connectivity index (χ1v) is 15.6. The molecule has 240 valence electrons. The summed E-state index contributed by atoms with van der Waals surface area (Å²) in [5, 5.41) is 17.2. The van der Waals surface area contributed by atoms with E-state index in [1.807, 2.05) is 43.6 Å². The standard InChI is InChI=1S/C33H45N9O3/c1-6-7-10-33(2,22-43)40-31-30-27(38-32(39-31)37-17-23-8-9-26(44-4)16-28(23)45-5)15-24(18-36-30)25-19-34-29(35-20-25)21-42-13-11-41(3)12-14-42/h8-9,15-16,18-20,43H,6-7,10-14,17,21-22H2,1-5H3,(H2,37,38,39,40)/t33-/m1/s1. The van der Waals surface area contributed by atoms with Crippen molar-refractivity contribution in [3.63, 3.8) is 0 Å². The van der Waals surface area contributed by atoms with Crippen molar-refractivity contribution in [1.29, 1.82) is 0 Å². The van der Waals surface area contributed by atoms with E-state index in [2.05, 4.69) is 44.4 Å². The number of hydrogen-bond donors (Lipinski definition) is 3. The Morgan fingerprint density at radius 2 is 1.71 bits per heavy atom. The minimum atomic E-state index is -0.568. The molecule has 1 saturated heterocycles. The third-order valence-corrected chi connectivity index (χ3v) is 8.32. The van der Waals surface area contributed by atoms with E-state index in [1.165, 1.54) is 0 Å². The van der Waals surface area contributed by atoms with E-state index in [1.54, 1.807) is 20.4 Å². The number of anilines is 2. The second kappa shape index (κ2) is 14.8. The van der Waals surface area contributed by atoms with E-state index in [4.69, 9.17) is 24.4 Å². The highest BCUT2D eigenvalue weighted by Gasteiger charge is 2.25. The monoisotopic (exact) mass is 615 g/mol. The maximum Gasteiger partial charge on any atom is 0.225 e. The van der Waals surface area contributed by atoms with E-state index in [0.29, 0.717) is 40.8 Å². The molecule has 45 heavy (non-hydrogen) atoms. The summed E-state index contributed by atoms with van der Waals surface area (Å²) in [6.07, 6.45) is 8.28. The number of aliphatic hydroxyl groups excluding tert-OH is 1. The minimum absolute atomic E-state index is 0.0415. The van der Waals surface area contributed by atoms with Gasteiger partial charge in [0.15, 0.2) is 5.82 Å². The van der Waals surface area contributed by atoms with Crippen LogP contribution in [0.15, 0.2) is 42.9 Å². The number of rotatable bonds is 14. The quantitative estimate of drug-likeness (QED) is 0.188. The van der Waals surface area contributed by atoms with Crippen LogP contribution in [0.1, 0.15) is 44.5 Å². The molecule has 5 rings (SSSR count). The summed E-state index contributed by atoms with van der Waals surface area (Å²) in [4.78, 5) is 28.5. The van der Waals surface area contributed by atoms with Crippen LogP contribution in [0, 0.1) is 0 Å². The smallest absolute Gasteiger partial charge is 0.225 e. The Balaban J connectivity index is 1.43. The SMILES string of the molecule is CCCC[C@](C)(CO)Nc1nc(NCc2ccc(OC)cc2OC)nc2cc(-c3cnc(CN4CCN(C)CC4)nc3)cnc12. The maximum absolute atomic E-state index is 10.3. The second-order valence-corrected chi connectivity index (χ2v) is 11.9. The highest BCUT2D eigenvalue weighted by Crippen LogP contribution is 2.30. The Kier molecular flexibility index (Phi) is 10.6. The van der Waals surface area contributed by atoms with Gasteiger partial charge in [-0.25, -0.2) is 15.0 Å². The van der Waals surface area contributed by atoms with Gasteiger partial charge in [0.2, 0.25) is 5.95 Å². The lowest BCUT2D eigenvalue weighted by atomic mass is 9.96. The van der Waals surface area contributed by atoms with Crippen LogP contribution < -0.4 is 20.1 Å². The van der Waals surface area contributed by atoms with Gasteiger partial charge < -0.3 is 30.1 Å². The van der Waals surface area contributed by atoms with Gasteiger partial charge in [-0.2, -0.15) is 4.98 Å². The number of aliphatic hydroxyl groups is 1. The second-order valence-electron chi connectivity index (χ2n) is 11.9. The fourth-order valence-electron chi connectivity index (χ4n) is 5.34. The molecule has 0 spiro atoms. The van der Waals surface area contributed by atoms with Gasteiger partial charge in [0.25, 0.3) is 0 Å². The normalized spacial score (nSPS) is 15.5. The molecule has 0 amide bonds. The van der Waals surface area contributed by atoms with Crippen molar-refractivity contribution < 1.29 is 14.6 Å². The average molecular weight is 616 g/mol. The number of piperazine rings is 1. The number of benzene rings is 1. The van der Waals surface area contributed by atoms with Gasteiger partial charge in [0.1, 0.15) is 22.8 Å². The maximum atomic E-state index is 10.3. The van der Waals surface area contributed by atoms with Crippen molar-refractivity contribution in [1.82, 2.24) is 34.7 Å². The number of aromatic nitrogens is 5. The molecule has 3 aromatic heterocycles. The number of nitrogens with one attached hydrogen (secondary N) is 2. The molecule has 4 heterocycles. The van der Waals surface area contributed by atoms with Crippen LogP contribution in [0.25, 0.3) is 22.2 Å². The van der Waals surface area contributed by atoms with Crippen molar-refractivity contribution >= 4 is 22.8 Å². The van der Waals surface area contributed by atoms with Crippen molar-refractivity contribution in [2.45, 2.75) is 51.7 Å². The van der Waals surface area contributed by atoms with E-state index < -0.39 is 5.54 Å². The minimum Gasteiger partial charge on any atom is -0.497 e. The van der Waals surface area contributed by atoms with Gasteiger partial charge in [-0.15, -0.1) is 0 Å². The topological polar surface area (TPSA) is 134 Å². The van der Waals surface area contributed by atoms with Crippen LogP contribution in [0.4, 0.5) is 11.8 Å². The van der Waals surface area contributed by atoms with Crippen molar-refractivity contribution in [3.05, 3.63) is 54.2 Å². The van der Waals surface area contributed by atoms with Crippen LogP contribution in [0.2, 0.25) is 0 Å². The zero-order valence-corrected chi connectivity index (χ0v) is 27.0. The number of ether oxygens (including phenoxy) is 2. The zero-order valence-electron chi connectivity index (χ0n) is 27.0. The number of pyridine rings is 1. The highest BCUT2D eigenvalue weighted by atomic mass is 16.5. The molecule has 3 N–H and O–H groups in total. The summed E-state index contributed by atoms with van der Waals surface area (Å²) in [6, 6.07) is 7.67. The van der Waals surface area contributed by atoms with Crippen LogP contribution in [-0.2, 0) is 13.1 Å². The van der Waals surface area contributed by atoms with Gasteiger partial charge in [-0.05, 0) is 38.6 Å². The molecular weight excluding hydrogens is 570 g/mol. The Labute approximate surface area is 265 Å². The number of methoxy groups -OCH3 is 2. The molecular formula is C33H45N9O3. The molecule has 12 nitrogen and oxygen atoms in total. The Morgan fingerprint density at radius 1 is 0.956 bits per heavy atom. The number of likely N-dealkylation sites (N-methyl/N-ethyl adjacent to an activating group) is 1. The lowest BCUT2D eigenvalue weighted by Gasteiger charge is -2.31. The zero-order chi connectivity index (χ0) is 31.8. The highest BCUT2D eigenvalue weighted by molar-refractivity contribution is 5.89. The predicted octanol–water partition coefficient (Wildman–Crippen LogP) is 4.21. The summed E-state index contributed by atoms with van der Waals surface area (Å²) < 4.78 is 10.9. The molecule has 1 atom stereocenters. The molecule has 0 saturated carbocycles. The summed E-state index contributed by atoms with van der Waals surface area (Å²) in [5.41, 5.74) is 3.36. The number of unbranched alkanes of at least 4 members (excludes halogenated alkanes) is 1. The lowest BCUT2D eigenvalue weighted by molar-refractivity contribution is 0.145. The molecule has 0 bridgehead atoms. The number of hydrogen-bond acceptors (Lipinski definition) is 12. The molecule has 0 unspecified atom stereocenters. The van der Waals surface area contributed by atoms with Crippen molar-refractivity contribution in [3.8, 4) is 22.6 Å². The van der Waals surface area contributed by atoms with E-state index in [-0.39, 0.29) is 6.61 Å². The van der Waals surface area contributed by atoms with Gasteiger partial charge in [0.05, 0.1) is 38.4 Å². The van der Waals surface area contributed by atoms with Crippen molar-refractivity contribution in [2.75, 3.05) is 64.7 Å². The van der Waals surface area contributed by atoms with Crippen molar-refractivity contribution in [2.24, 2.45) is 0 Å². The van der Waals surface area contributed by atoms with Gasteiger partial charge in [0, 0.05) is 74.1 Å². The Bertz CT molecular complexity index is 1560. The first-order chi connectivity index (χ1) is 21.8. The molecule has 1 aliphatic heterocycles. The molecule has 0 aliphatic carbocycles. The van der Waals surface area contributed by atoms with E-state index in [9.17, 15) is 5.11 Å². The van der Waals surface area contributed by atoms with Gasteiger partial charge in [-0.1, -0.05) is 19.8 Å². The summed E-state index contributed by atoms with van der Waals surface area (Å²) in [7, 11) is 5.41. The fourth-order valence-corrected chi connectivity index (χ4v) is 5.34.